The fourth-order valence-corrected chi connectivity index (χ4v) is 2.03. The quantitative estimate of drug-likeness (QED) is 0.478. The monoisotopic (exact) mass is 392 g/mol. The summed E-state index contributed by atoms with van der Waals surface area (Å²) in [6, 6.07) is 2.30. The molecule has 7 nitrogen and oxygen atoms in total. The van der Waals surface area contributed by atoms with Crippen LogP contribution in [-0.2, 0) is 6.42 Å². The molecule has 1 aromatic heterocycles. The zero-order chi connectivity index (χ0) is 14.7. The maximum Gasteiger partial charge on any atom is 0.293 e. The number of hydrogen-bond donors (Lipinski definition) is 1. The highest BCUT2D eigenvalue weighted by Gasteiger charge is 2.17. The number of rotatable bonds is 5. The summed E-state index contributed by atoms with van der Waals surface area (Å²) in [5.74, 6) is 0.434. The highest BCUT2D eigenvalue weighted by Crippen LogP contribution is 2.28. The van der Waals surface area contributed by atoms with Crippen molar-refractivity contribution in [1.82, 2.24) is 10.1 Å². The second-order valence-corrected chi connectivity index (χ2v) is 5.11. The van der Waals surface area contributed by atoms with Crippen molar-refractivity contribution in [1.29, 1.82) is 0 Å². The average Bonchev–Trinajstić information content (AvgIpc) is 2.79. The number of aryl methyl sites for hydroxylation is 1. The Hall–Kier alpha value is -1.78. The van der Waals surface area contributed by atoms with Crippen molar-refractivity contribution >= 4 is 34.0 Å². The van der Waals surface area contributed by atoms with Crippen LogP contribution in [0.1, 0.15) is 11.7 Å². The van der Waals surface area contributed by atoms with Crippen molar-refractivity contribution in [3.63, 3.8) is 0 Å². The second-order valence-electron chi connectivity index (χ2n) is 3.95. The van der Waals surface area contributed by atoms with Crippen LogP contribution in [0.4, 0.5) is 15.8 Å². The van der Waals surface area contributed by atoms with Gasteiger partial charge in [-0.2, -0.15) is 4.98 Å². The number of nitro groups is 1. The predicted octanol–water partition coefficient (Wildman–Crippen LogP) is 2.68. The van der Waals surface area contributed by atoms with E-state index in [4.69, 9.17) is 4.52 Å². The molecule has 0 saturated carbocycles. The zero-order valence-corrected chi connectivity index (χ0v) is 12.5. The second kappa shape index (κ2) is 6.11. The first kappa shape index (κ1) is 14.6. The van der Waals surface area contributed by atoms with Gasteiger partial charge in [-0.15, -0.1) is 0 Å². The van der Waals surface area contributed by atoms with Gasteiger partial charge in [-0.1, -0.05) is 5.16 Å². The van der Waals surface area contributed by atoms with Gasteiger partial charge in [-0.3, -0.25) is 10.1 Å². The molecular formula is C11H10FIN4O3. The van der Waals surface area contributed by atoms with Crippen LogP contribution >= 0.6 is 22.6 Å². The van der Waals surface area contributed by atoms with Gasteiger partial charge in [0, 0.05) is 32.0 Å². The van der Waals surface area contributed by atoms with Gasteiger partial charge in [0.15, 0.2) is 5.82 Å². The van der Waals surface area contributed by atoms with E-state index in [2.05, 4.69) is 15.5 Å². The van der Waals surface area contributed by atoms with E-state index in [0.29, 0.717) is 24.7 Å². The lowest BCUT2D eigenvalue weighted by Crippen LogP contribution is -2.08. The summed E-state index contributed by atoms with van der Waals surface area (Å²) >= 11 is 1.71. The van der Waals surface area contributed by atoms with Gasteiger partial charge in [0.1, 0.15) is 11.5 Å². The first-order valence-electron chi connectivity index (χ1n) is 5.64. The third-order valence-electron chi connectivity index (χ3n) is 2.47. The van der Waals surface area contributed by atoms with Gasteiger partial charge in [-0.25, -0.2) is 4.39 Å². The summed E-state index contributed by atoms with van der Waals surface area (Å²) in [4.78, 5) is 14.4. The minimum Gasteiger partial charge on any atom is -0.379 e. The third kappa shape index (κ3) is 3.40. The molecular weight excluding hydrogens is 382 g/mol. The molecule has 0 aliphatic heterocycles. The lowest BCUT2D eigenvalue weighted by atomic mass is 10.2. The number of benzene rings is 1. The molecule has 0 aliphatic carbocycles. The molecule has 106 valence electrons. The zero-order valence-electron chi connectivity index (χ0n) is 10.4. The highest BCUT2D eigenvalue weighted by atomic mass is 127. The molecule has 1 aromatic carbocycles. The molecule has 1 heterocycles. The number of hydrogen-bond acceptors (Lipinski definition) is 6. The summed E-state index contributed by atoms with van der Waals surface area (Å²) < 4.78 is 18.5. The Bertz CT molecular complexity index is 647. The lowest BCUT2D eigenvalue weighted by Gasteiger charge is -2.06. The van der Waals surface area contributed by atoms with Gasteiger partial charge < -0.3 is 9.84 Å². The molecule has 0 spiro atoms. The average molecular weight is 392 g/mol. The first-order chi connectivity index (χ1) is 9.47. The van der Waals surface area contributed by atoms with E-state index in [9.17, 15) is 14.5 Å². The van der Waals surface area contributed by atoms with Gasteiger partial charge in [0.25, 0.3) is 5.69 Å². The van der Waals surface area contributed by atoms with Crippen LogP contribution in [0.2, 0.25) is 0 Å². The van der Waals surface area contributed by atoms with E-state index < -0.39 is 10.7 Å². The molecule has 9 heteroatoms. The molecule has 0 aliphatic rings. The standard InChI is InChI=1S/C11H10FIN4O3/c1-6-15-11(16-20-6)2-3-14-9-4-7(12)8(13)5-10(9)17(18)19/h4-5,14H,2-3H2,1H3. The minimum atomic E-state index is -0.553. The predicted molar refractivity (Wildman–Crippen MR) is 77.0 cm³/mol. The normalized spacial score (nSPS) is 10.6. The van der Waals surface area contributed by atoms with E-state index in [1.807, 2.05) is 0 Å². The van der Waals surface area contributed by atoms with E-state index in [1.165, 1.54) is 6.07 Å². The van der Waals surface area contributed by atoms with Crippen LogP contribution < -0.4 is 5.32 Å². The van der Waals surface area contributed by atoms with Crippen LogP contribution in [0.5, 0.6) is 0 Å². The Morgan fingerprint density at radius 2 is 2.30 bits per heavy atom. The Balaban J connectivity index is 2.08. The molecule has 0 unspecified atom stereocenters. The van der Waals surface area contributed by atoms with E-state index in [0.717, 1.165) is 6.07 Å². The van der Waals surface area contributed by atoms with Crippen molar-refractivity contribution in [3.05, 3.63) is 43.3 Å². The van der Waals surface area contributed by atoms with E-state index >= 15 is 0 Å². The fraction of sp³-hybridized carbons (Fsp3) is 0.273. The summed E-state index contributed by atoms with van der Waals surface area (Å²) in [6.07, 6.45) is 0.419. The molecule has 2 aromatic rings. The first-order valence-corrected chi connectivity index (χ1v) is 6.71. The van der Waals surface area contributed by atoms with Gasteiger partial charge >= 0.3 is 0 Å². The number of nitrogens with zero attached hydrogens (tertiary/aromatic N) is 3. The maximum absolute atomic E-state index is 13.5. The third-order valence-corrected chi connectivity index (χ3v) is 3.30. The molecule has 0 fully saturated rings. The molecule has 20 heavy (non-hydrogen) atoms. The molecule has 0 atom stereocenters. The molecule has 0 amide bonds. The number of aromatic nitrogens is 2. The summed E-state index contributed by atoms with van der Waals surface area (Å²) in [5, 5.41) is 17.4. The smallest absolute Gasteiger partial charge is 0.293 e. The minimum absolute atomic E-state index is 0.133. The number of nitro benzene ring substituents is 1. The summed E-state index contributed by atoms with van der Waals surface area (Å²) in [7, 11) is 0. The van der Waals surface area contributed by atoms with Crippen molar-refractivity contribution < 1.29 is 13.8 Å². The van der Waals surface area contributed by atoms with Gasteiger partial charge in [0.05, 0.1) is 8.49 Å². The topological polar surface area (TPSA) is 94.1 Å². The SMILES string of the molecule is Cc1nc(CCNc2cc(F)c(I)cc2[N+](=O)[O-])no1. The van der Waals surface area contributed by atoms with E-state index in [1.54, 1.807) is 29.5 Å². The Morgan fingerprint density at radius 1 is 1.55 bits per heavy atom. The summed E-state index contributed by atoms with van der Waals surface area (Å²) in [6.45, 7) is 2.00. The van der Waals surface area contributed by atoms with Crippen LogP contribution in [0.3, 0.4) is 0 Å². The molecule has 1 N–H and O–H groups in total. The van der Waals surface area contributed by atoms with Crippen LogP contribution in [0.25, 0.3) is 0 Å². The van der Waals surface area contributed by atoms with Crippen molar-refractivity contribution in [2.45, 2.75) is 13.3 Å². The Labute approximate surface area is 126 Å². The van der Waals surface area contributed by atoms with Crippen molar-refractivity contribution in [2.75, 3.05) is 11.9 Å². The number of halogens is 2. The summed E-state index contributed by atoms with van der Waals surface area (Å²) in [5.41, 5.74) is -0.0341. The Morgan fingerprint density at radius 3 is 2.90 bits per heavy atom. The molecule has 0 bridgehead atoms. The van der Waals surface area contributed by atoms with Gasteiger partial charge in [0.2, 0.25) is 5.89 Å². The van der Waals surface area contributed by atoms with Crippen LogP contribution in [0.15, 0.2) is 16.7 Å². The van der Waals surface area contributed by atoms with E-state index in [-0.39, 0.29) is 14.9 Å². The largest absolute Gasteiger partial charge is 0.379 e. The van der Waals surface area contributed by atoms with Gasteiger partial charge in [-0.05, 0) is 22.6 Å². The van der Waals surface area contributed by atoms with Crippen LogP contribution in [0, 0.1) is 26.4 Å². The number of nitrogens with one attached hydrogen (secondary N) is 1. The van der Waals surface area contributed by atoms with Crippen molar-refractivity contribution in [3.8, 4) is 0 Å². The fourth-order valence-electron chi connectivity index (χ4n) is 1.58. The Kier molecular flexibility index (Phi) is 4.47. The van der Waals surface area contributed by atoms with Crippen LogP contribution in [-0.4, -0.2) is 21.6 Å². The highest BCUT2D eigenvalue weighted by molar-refractivity contribution is 14.1. The number of anilines is 1. The lowest BCUT2D eigenvalue weighted by molar-refractivity contribution is -0.384. The maximum atomic E-state index is 13.5. The molecule has 2 rings (SSSR count). The van der Waals surface area contributed by atoms with Crippen molar-refractivity contribution in [2.24, 2.45) is 0 Å². The molecule has 0 radical (unpaired) electrons. The molecule has 0 saturated heterocycles.